The van der Waals surface area contributed by atoms with Gasteiger partial charge in [0, 0.05) is 26.2 Å². The Kier molecular flexibility index (Phi) is 6.21. The summed E-state index contributed by atoms with van der Waals surface area (Å²) in [5.74, 6) is 1.27. The summed E-state index contributed by atoms with van der Waals surface area (Å²) in [6.45, 7) is 9.13. The van der Waals surface area contributed by atoms with Gasteiger partial charge in [-0.3, -0.25) is 0 Å². The van der Waals surface area contributed by atoms with E-state index in [1.807, 2.05) is 0 Å². The van der Waals surface area contributed by atoms with Crippen molar-refractivity contribution in [2.45, 2.75) is 46.5 Å². The Morgan fingerprint density at radius 3 is 2.26 bits per heavy atom. The first-order valence-electron chi connectivity index (χ1n) is 8.52. The summed E-state index contributed by atoms with van der Waals surface area (Å²) >= 11 is 0. The maximum Gasteiger partial charge on any atom is 0 e. The second-order valence-corrected chi connectivity index (χ2v) is 6.86. The third kappa shape index (κ3) is 3.77. The normalized spacial score (nSPS) is 14.2. The van der Waals surface area contributed by atoms with E-state index in [4.69, 9.17) is 0 Å². The first-order chi connectivity index (χ1) is 10.6. The molecule has 0 fully saturated rings. The summed E-state index contributed by atoms with van der Waals surface area (Å²) < 4.78 is 0. The molecule has 2 aromatic carbocycles. The van der Waals surface area contributed by atoms with Crippen LogP contribution in [0.1, 0.15) is 56.7 Å². The molecule has 0 amide bonds. The standard InChI is InChI=1S/C22H26.Zr/c1-5-16(4)17-9-11-18(12-10-17)21-8-6-7-19-13-20(15(2)3)14-22(19)21;/h6-12,14-16H,5,13H2,1-4H3;. The molecule has 2 aromatic rings. The van der Waals surface area contributed by atoms with Crippen LogP contribution in [0.4, 0.5) is 0 Å². The predicted molar refractivity (Wildman–Crippen MR) is 97.1 cm³/mol. The molecular formula is C22H26Zr. The number of benzene rings is 2. The number of hydrogen-bond acceptors (Lipinski definition) is 0. The molecule has 0 saturated heterocycles. The third-order valence-electron chi connectivity index (χ3n) is 5.07. The Morgan fingerprint density at radius 1 is 0.957 bits per heavy atom. The molecule has 0 aromatic heterocycles. The molecule has 1 heteroatoms. The quantitative estimate of drug-likeness (QED) is 0.570. The molecule has 0 N–H and O–H groups in total. The summed E-state index contributed by atoms with van der Waals surface area (Å²) in [7, 11) is 0. The first kappa shape index (κ1) is 18.4. The molecule has 0 heterocycles. The maximum absolute atomic E-state index is 2.41. The summed E-state index contributed by atoms with van der Waals surface area (Å²) in [5, 5.41) is 0. The zero-order valence-electron chi connectivity index (χ0n) is 14.7. The molecule has 0 nitrogen and oxygen atoms in total. The van der Waals surface area contributed by atoms with Crippen molar-refractivity contribution in [1.29, 1.82) is 0 Å². The summed E-state index contributed by atoms with van der Waals surface area (Å²) in [6, 6.07) is 15.9. The summed E-state index contributed by atoms with van der Waals surface area (Å²) in [5.41, 5.74) is 8.62. The smallest absolute Gasteiger partial charge is 0 e. The van der Waals surface area contributed by atoms with Gasteiger partial charge in [0.2, 0.25) is 0 Å². The molecule has 0 spiro atoms. The minimum atomic E-state index is 0. The van der Waals surface area contributed by atoms with E-state index in [2.05, 4.69) is 76.2 Å². The molecule has 1 unspecified atom stereocenters. The van der Waals surface area contributed by atoms with Gasteiger partial charge < -0.3 is 0 Å². The van der Waals surface area contributed by atoms with Gasteiger partial charge in [0.25, 0.3) is 0 Å². The van der Waals surface area contributed by atoms with Crippen LogP contribution >= 0.6 is 0 Å². The van der Waals surface area contributed by atoms with Crippen molar-refractivity contribution in [3.8, 4) is 11.1 Å². The molecule has 0 radical (unpaired) electrons. The predicted octanol–water partition coefficient (Wildman–Crippen LogP) is 6.46. The van der Waals surface area contributed by atoms with Gasteiger partial charge in [0.15, 0.2) is 0 Å². The molecule has 0 saturated carbocycles. The van der Waals surface area contributed by atoms with Crippen LogP contribution in [0.3, 0.4) is 0 Å². The number of hydrogen-bond donors (Lipinski definition) is 0. The Bertz CT molecular complexity index is 692. The molecule has 0 bridgehead atoms. The monoisotopic (exact) mass is 380 g/mol. The fourth-order valence-corrected chi connectivity index (χ4v) is 3.24. The number of fused-ring (bicyclic) bond motifs is 1. The molecule has 3 rings (SSSR count). The van der Waals surface area contributed by atoms with Gasteiger partial charge in [-0.1, -0.05) is 81.8 Å². The minimum Gasteiger partial charge on any atom is -0.0648 e. The van der Waals surface area contributed by atoms with E-state index in [0.717, 1.165) is 6.42 Å². The van der Waals surface area contributed by atoms with Gasteiger partial charge in [-0.15, -0.1) is 0 Å². The summed E-state index contributed by atoms with van der Waals surface area (Å²) in [4.78, 5) is 0. The van der Waals surface area contributed by atoms with Gasteiger partial charge in [-0.2, -0.15) is 0 Å². The second-order valence-electron chi connectivity index (χ2n) is 6.86. The van der Waals surface area contributed by atoms with E-state index in [-0.39, 0.29) is 26.2 Å². The average Bonchev–Trinajstić information content (AvgIpc) is 2.98. The number of rotatable bonds is 4. The zero-order valence-corrected chi connectivity index (χ0v) is 17.1. The second kappa shape index (κ2) is 7.76. The molecule has 23 heavy (non-hydrogen) atoms. The number of allylic oxidation sites excluding steroid dienone is 1. The fraction of sp³-hybridized carbons (Fsp3) is 0.364. The Balaban J connectivity index is 0.00000192. The molecule has 1 aliphatic rings. The van der Waals surface area contributed by atoms with E-state index in [1.165, 1.54) is 34.2 Å². The molecule has 118 valence electrons. The van der Waals surface area contributed by atoms with Crippen molar-refractivity contribution in [1.82, 2.24) is 0 Å². The SMILES string of the molecule is CCC(C)c1ccc(-c2cccc3c2C=C(C(C)C)C3)cc1.[Zr]. The van der Waals surface area contributed by atoms with Crippen LogP contribution in [-0.2, 0) is 32.6 Å². The van der Waals surface area contributed by atoms with Gasteiger partial charge in [-0.05, 0) is 52.5 Å². The Hall–Kier alpha value is -0.937. The molecular weight excluding hydrogens is 355 g/mol. The van der Waals surface area contributed by atoms with E-state index < -0.39 is 0 Å². The van der Waals surface area contributed by atoms with Crippen LogP contribution in [0.2, 0.25) is 0 Å². The van der Waals surface area contributed by atoms with Crippen molar-refractivity contribution in [3.05, 3.63) is 64.7 Å². The third-order valence-corrected chi connectivity index (χ3v) is 5.07. The van der Waals surface area contributed by atoms with Crippen molar-refractivity contribution in [2.24, 2.45) is 5.92 Å². The Morgan fingerprint density at radius 2 is 1.65 bits per heavy atom. The van der Waals surface area contributed by atoms with Gasteiger partial charge in [0.1, 0.15) is 0 Å². The van der Waals surface area contributed by atoms with Crippen LogP contribution in [0.25, 0.3) is 17.2 Å². The van der Waals surface area contributed by atoms with Crippen LogP contribution < -0.4 is 0 Å². The van der Waals surface area contributed by atoms with Crippen molar-refractivity contribution in [2.75, 3.05) is 0 Å². The van der Waals surface area contributed by atoms with E-state index in [9.17, 15) is 0 Å². The van der Waals surface area contributed by atoms with Gasteiger partial charge in [-0.25, -0.2) is 0 Å². The van der Waals surface area contributed by atoms with Crippen LogP contribution in [0.5, 0.6) is 0 Å². The Labute approximate surface area is 160 Å². The topological polar surface area (TPSA) is 0 Å². The largest absolute Gasteiger partial charge is 0.0648 e. The molecule has 0 aliphatic heterocycles. The van der Waals surface area contributed by atoms with Crippen molar-refractivity contribution in [3.63, 3.8) is 0 Å². The first-order valence-corrected chi connectivity index (χ1v) is 8.52. The molecule has 1 atom stereocenters. The van der Waals surface area contributed by atoms with Crippen LogP contribution in [-0.4, -0.2) is 0 Å². The molecule has 1 aliphatic carbocycles. The van der Waals surface area contributed by atoms with Crippen molar-refractivity contribution >= 4 is 6.08 Å². The van der Waals surface area contributed by atoms with E-state index in [1.54, 1.807) is 5.57 Å². The van der Waals surface area contributed by atoms with Crippen LogP contribution in [0, 0.1) is 5.92 Å². The minimum absolute atomic E-state index is 0. The summed E-state index contributed by atoms with van der Waals surface area (Å²) in [6.07, 6.45) is 4.73. The maximum atomic E-state index is 2.41. The van der Waals surface area contributed by atoms with Gasteiger partial charge in [0.05, 0.1) is 0 Å². The van der Waals surface area contributed by atoms with Gasteiger partial charge >= 0.3 is 0 Å². The van der Waals surface area contributed by atoms with E-state index in [0.29, 0.717) is 11.8 Å². The van der Waals surface area contributed by atoms with E-state index >= 15 is 0 Å². The van der Waals surface area contributed by atoms with Crippen molar-refractivity contribution < 1.29 is 26.2 Å². The van der Waals surface area contributed by atoms with Crippen LogP contribution in [0.15, 0.2) is 48.0 Å². The average molecular weight is 382 g/mol. The fourth-order valence-electron chi connectivity index (χ4n) is 3.24. The zero-order chi connectivity index (χ0) is 15.7.